The first-order valence-electron chi connectivity index (χ1n) is 2.89. The van der Waals surface area contributed by atoms with Crippen LogP contribution in [0, 0.1) is 0 Å². The van der Waals surface area contributed by atoms with Gasteiger partial charge in [0.1, 0.15) is 0 Å². The van der Waals surface area contributed by atoms with Crippen LogP contribution in [0.3, 0.4) is 0 Å². The van der Waals surface area contributed by atoms with Gasteiger partial charge in [0.05, 0.1) is 20.4 Å². The summed E-state index contributed by atoms with van der Waals surface area (Å²) < 4.78 is 11.6. The van der Waals surface area contributed by atoms with Gasteiger partial charge in [0, 0.05) is 7.05 Å². The van der Waals surface area contributed by atoms with Crippen molar-refractivity contribution in [2.24, 2.45) is 7.05 Å². The molecular weight excluding hydrogens is 132 g/mol. The molecule has 0 bridgehead atoms. The van der Waals surface area contributed by atoms with Crippen molar-refractivity contribution in [1.29, 1.82) is 0 Å². The van der Waals surface area contributed by atoms with Crippen molar-refractivity contribution < 1.29 is 9.47 Å². The maximum atomic E-state index is 4.95. The smallest absolute Gasteiger partial charge is 0.298 e. The van der Waals surface area contributed by atoms with Crippen LogP contribution in [0.2, 0.25) is 0 Å². The van der Waals surface area contributed by atoms with Gasteiger partial charge in [0.15, 0.2) is 0 Å². The number of hydrogen-bond acceptors (Lipinski definition) is 3. The minimum absolute atomic E-state index is 0.553. The Labute approximate surface area is 59.4 Å². The van der Waals surface area contributed by atoms with Crippen molar-refractivity contribution in [3.05, 3.63) is 6.20 Å². The summed E-state index contributed by atoms with van der Waals surface area (Å²) in [5.41, 5.74) is 0. The summed E-state index contributed by atoms with van der Waals surface area (Å²) in [6.07, 6.45) is 1.61. The van der Waals surface area contributed by atoms with Crippen molar-refractivity contribution in [2.45, 2.75) is 0 Å². The van der Waals surface area contributed by atoms with Gasteiger partial charge in [0.2, 0.25) is 5.88 Å². The average molecular weight is 142 g/mol. The van der Waals surface area contributed by atoms with Gasteiger partial charge in [-0.25, -0.2) is 0 Å². The Morgan fingerprint density at radius 3 is 2.40 bits per heavy atom. The van der Waals surface area contributed by atoms with E-state index in [1.165, 1.54) is 0 Å². The highest BCUT2D eigenvalue weighted by Crippen LogP contribution is 2.15. The maximum absolute atomic E-state index is 4.95. The first-order valence-corrected chi connectivity index (χ1v) is 2.89. The van der Waals surface area contributed by atoms with E-state index in [1.807, 2.05) is 7.05 Å². The highest BCUT2D eigenvalue weighted by atomic mass is 16.5. The molecule has 56 valence electrons. The van der Waals surface area contributed by atoms with E-state index in [9.17, 15) is 0 Å². The lowest BCUT2D eigenvalue weighted by atomic mass is 10.8. The van der Waals surface area contributed by atoms with Crippen LogP contribution in [0.5, 0.6) is 11.9 Å². The van der Waals surface area contributed by atoms with Crippen LogP contribution >= 0.6 is 0 Å². The molecule has 10 heavy (non-hydrogen) atoms. The van der Waals surface area contributed by atoms with Crippen molar-refractivity contribution in [2.75, 3.05) is 14.2 Å². The van der Waals surface area contributed by atoms with E-state index in [0.717, 1.165) is 0 Å². The third-order valence-electron chi connectivity index (χ3n) is 1.29. The molecular formula is C6H10N2O2. The minimum Gasteiger partial charge on any atom is -0.481 e. The number of imidazole rings is 1. The predicted molar refractivity (Wildman–Crippen MR) is 36.3 cm³/mol. The fraction of sp³-hybridized carbons (Fsp3) is 0.500. The molecule has 0 aromatic carbocycles. The number of methoxy groups -OCH3 is 2. The molecule has 0 fully saturated rings. The van der Waals surface area contributed by atoms with Gasteiger partial charge in [0.25, 0.3) is 6.01 Å². The molecule has 0 saturated heterocycles. The second-order valence-corrected chi connectivity index (χ2v) is 1.85. The first-order chi connectivity index (χ1) is 4.79. The molecule has 1 rings (SSSR count). The number of ether oxygens (including phenoxy) is 2. The number of hydrogen-bond donors (Lipinski definition) is 0. The zero-order chi connectivity index (χ0) is 7.56. The molecule has 0 spiro atoms. The van der Waals surface area contributed by atoms with Gasteiger partial charge in [-0.1, -0.05) is 0 Å². The quantitative estimate of drug-likeness (QED) is 0.601. The SMILES string of the molecule is COc1cnc(OC)n1C. The molecule has 1 aromatic heterocycles. The normalized spacial score (nSPS) is 9.50. The molecule has 1 heterocycles. The number of aromatic nitrogens is 2. The third-order valence-corrected chi connectivity index (χ3v) is 1.29. The topological polar surface area (TPSA) is 36.3 Å². The Hall–Kier alpha value is -1.19. The van der Waals surface area contributed by atoms with Crippen molar-refractivity contribution in [3.63, 3.8) is 0 Å². The van der Waals surface area contributed by atoms with Crippen molar-refractivity contribution >= 4 is 0 Å². The number of nitrogens with zero attached hydrogens (tertiary/aromatic N) is 2. The van der Waals surface area contributed by atoms with Crippen LogP contribution in [0.25, 0.3) is 0 Å². The lowest BCUT2D eigenvalue weighted by Crippen LogP contribution is -1.96. The first kappa shape index (κ1) is 6.92. The molecule has 0 radical (unpaired) electrons. The molecule has 0 aliphatic carbocycles. The van der Waals surface area contributed by atoms with Gasteiger partial charge in [-0.15, -0.1) is 0 Å². The minimum atomic E-state index is 0.553. The summed E-state index contributed by atoms with van der Waals surface area (Å²) in [6, 6.07) is 0.553. The van der Waals surface area contributed by atoms with E-state index in [1.54, 1.807) is 25.0 Å². The fourth-order valence-electron chi connectivity index (χ4n) is 0.757. The summed E-state index contributed by atoms with van der Waals surface area (Å²) in [4.78, 5) is 3.92. The fourth-order valence-corrected chi connectivity index (χ4v) is 0.757. The Morgan fingerprint density at radius 2 is 2.10 bits per heavy atom. The van der Waals surface area contributed by atoms with Crippen LogP contribution in [-0.2, 0) is 7.05 Å². The van der Waals surface area contributed by atoms with E-state index in [4.69, 9.17) is 9.47 Å². The summed E-state index contributed by atoms with van der Waals surface area (Å²) >= 11 is 0. The van der Waals surface area contributed by atoms with E-state index in [2.05, 4.69) is 4.98 Å². The van der Waals surface area contributed by atoms with Crippen LogP contribution in [-0.4, -0.2) is 23.8 Å². The largest absolute Gasteiger partial charge is 0.481 e. The highest BCUT2D eigenvalue weighted by Gasteiger charge is 2.03. The van der Waals surface area contributed by atoms with E-state index < -0.39 is 0 Å². The van der Waals surface area contributed by atoms with Crippen LogP contribution < -0.4 is 9.47 Å². The Morgan fingerprint density at radius 1 is 1.40 bits per heavy atom. The van der Waals surface area contributed by atoms with E-state index in [-0.39, 0.29) is 0 Å². The zero-order valence-corrected chi connectivity index (χ0v) is 6.29. The molecule has 4 nitrogen and oxygen atoms in total. The standard InChI is InChI=1S/C6H10N2O2/c1-8-5(9-2)4-7-6(8)10-3/h4H,1-3H3. The van der Waals surface area contributed by atoms with Gasteiger partial charge in [-0.2, -0.15) is 4.98 Å². The van der Waals surface area contributed by atoms with Crippen molar-refractivity contribution in [1.82, 2.24) is 9.55 Å². The predicted octanol–water partition coefficient (Wildman–Crippen LogP) is 0.437. The molecule has 4 heteroatoms. The molecule has 0 aliphatic rings. The third kappa shape index (κ3) is 0.920. The molecule has 0 amide bonds. The second-order valence-electron chi connectivity index (χ2n) is 1.85. The van der Waals surface area contributed by atoms with E-state index >= 15 is 0 Å². The van der Waals surface area contributed by atoms with Crippen LogP contribution in [0.15, 0.2) is 6.20 Å². The van der Waals surface area contributed by atoms with Gasteiger partial charge in [-0.05, 0) is 0 Å². The Bertz CT molecular complexity index is 198. The van der Waals surface area contributed by atoms with Gasteiger partial charge >= 0.3 is 0 Å². The summed E-state index contributed by atoms with van der Waals surface area (Å²) in [5, 5.41) is 0. The Balaban J connectivity index is 2.97. The molecule has 0 atom stereocenters. The zero-order valence-electron chi connectivity index (χ0n) is 6.29. The molecule has 1 aromatic rings. The Kier molecular flexibility index (Phi) is 1.80. The monoisotopic (exact) mass is 142 g/mol. The molecule has 0 N–H and O–H groups in total. The molecule has 0 aliphatic heterocycles. The number of rotatable bonds is 2. The maximum Gasteiger partial charge on any atom is 0.298 e. The highest BCUT2D eigenvalue weighted by molar-refractivity contribution is 5.13. The van der Waals surface area contributed by atoms with Gasteiger partial charge in [-0.3, -0.25) is 4.57 Å². The summed E-state index contributed by atoms with van der Waals surface area (Å²) in [5.74, 6) is 0.692. The molecule has 0 unspecified atom stereocenters. The second kappa shape index (κ2) is 2.60. The summed E-state index contributed by atoms with van der Waals surface area (Å²) in [6.45, 7) is 0. The van der Waals surface area contributed by atoms with Crippen LogP contribution in [0.1, 0.15) is 0 Å². The van der Waals surface area contributed by atoms with Crippen LogP contribution in [0.4, 0.5) is 0 Å². The molecule has 0 saturated carbocycles. The van der Waals surface area contributed by atoms with Gasteiger partial charge < -0.3 is 9.47 Å². The summed E-state index contributed by atoms with van der Waals surface area (Å²) in [7, 11) is 4.99. The lowest BCUT2D eigenvalue weighted by Gasteiger charge is -2.01. The van der Waals surface area contributed by atoms with E-state index in [0.29, 0.717) is 11.9 Å². The average Bonchev–Trinajstić information content (AvgIpc) is 2.30. The van der Waals surface area contributed by atoms with Crippen molar-refractivity contribution in [3.8, 4) is 11.9 Å². The lowest BCUT2D eigenvalue weighted by molar-refractivity contribution is 0.338.